The smallest absolute Gasteiger partial charge is 0.251 e. The number of ether oxygens (including phenoxy) is 2. The summed E-state index contributed by atoms with van der Waals surface area (Å²) >= 11 is 0. The van der Waals surface area contributed by atoms with Crippen molar-refractivity contribution in [2.24, 2.45) is 5.73 Å². The maximum absolute atomic E-state index is 12.5. The summed E-state index contributed by atoms with van der Waals surface area (Å²) in [6, 6.07) is 7.33. The quantitative estimate of drug-likeness (QED) is 0.844. The number of amides is 1. The van der Waals surface area contributed by atoms with Gasteiger partial charge in [0.15, 0.2) is 0 Å². The van der Waals surface area contributed by atoms with E-state index in [4.69, 9.17) is 15.2 Å². The van der Waals surface area contributed by atoms with E-state index in [9.17, 15) is 4.79 Å². The summed E-state index contributed by atoms with van der Waals surface area (Å²) in [5.74, 6) is 0.640. The molecule has 1 heterocycles. The van der Waals surface area contributed by atoms with Crippen molar-refractivity contribution >= 4 is 5.91 Å². The van der Waals surface area contributed by atoms with Crippen LogP contribution in [0.3, 0.4) is 0 Å². The predicted octanol–water partition coefficient (Wildman–Crippen LogP) is 2.25. The summed E-state index contributed by atoms with van der Waals surface area (Å²) < 4.78 is 11.3. The summed E-state index contributed by atoms with van der Waals surface area (Å²) in [6.07, 6.45) is 6.49. The highest BCUT2D eigenvalue weighted by atomic mass is 16.5. The second-order valence-electron chi connectivity index (χ2n) is 6.62. The van der Waals surface area contributed by atoms with Gasteiger partial charge < -0.3 is 20.5 Å². The van der Waals surface area contributed by atoms with Crippen LogP contribution in [0.25, 0.3) is 0 Å². The molecule has 2 fully saturated rings. The summed E-state index contributed by atoms with van der Waals surface area (Å²) in [7, 11) is 0. The fourth-order valence-corrected chi connectivity index (χ4v) is 3.44. The Morgan fingerprint density at radius 3 is 2.87 bits per heavy atom. The number of carbonyl (C=O) groups is 1. The van der Waals surface area contributed by atoms with Crippen molar-refractivity contribution in [2.45, 2.75) is 50.2 Å². The first-order valence-corrected chi connectivity index (χ1v) is 8.58. The largest absolute Gasteiger partial charge is 0.491 e. The van der Waals surface area contributed by atoms with E-state index in [1.54, 1.807) is 6.07 Å². The van der Waals surface area contributed by atoms with Crippen molar-refractivity contribution in [1.82, 2.24) is 5.32 Å². The molecule has 126 valence electrons. The van der Waals surface area contributed by atoms with Crippen LogP contribution in [0.2, 0.25) is 0 Å². The van der Waals surface area contributed by atoms with Gasteiger partial charge in [0.25, 0.3) is 5.91 Å². The minimum absolute atomic E-state index is 0.0695. The zero-order valence-corrected chi connectivity index (χ0v) is 13.6. The van der Waals surface area contributed by atoms with Gasteiger partial charge in [-0.1, -0.05) is 18.9 Å². The summed E-state index contributed by atoms with van der Waals surface area (Å²) in [5, 5.41) is 3.14. The molecule has 3 N–H and O–H groups in total. The zero-order valence-electron chi connectivity index (χ0n) is 13.6. The van der Waals surface area contributed by atoms with E-state index in [-0.39, 0.29) is 17.6 Å². The lowest BCUT2D eigenvalue weighted by molar-refractivity contribution is 0.0679. The molecular formula is C18H26N2O3. The molecule has 1 aliphatic heterocycles. The molecule has 1 saturated carbocycles. The topological polar surface area (TPSA) is 73.6 Å². The standard InChI is InChI=1S/C18H26N2O3/c19-13-18(8-1-2-9-18)20-17(21)14-5-3-6-15(11-14)23-12-16-7-4-10-22-16/h3,5-6,11,16H,1-2,4,7-10,12-13,19H2,(H,20,21). The van der Waals surface area contributed by atoms with E-state index in [0.717, 1.165) is 45.1 Å². The normalized spacial score (nSPS) is 22.9. The molecule has 0 spiro atoms. The van der Waals surface area contributed by atoms with Crippen LogP contribution in [0.5, 0.6) is 5.75 Å². The maximum Gasteiger partial charge on any atom is 0.251 e. The average Bonchev–Trinajstić information content (AvgIpc) is 3.25. The Bertz CT molecular complexity index is 535. The van der Waals surface area contributed by atoms with Gasteiger partial charge in [0, 0.05) is 18.7 Å². The number of hydrogen-bond acceptors (Lipinski definition) is 4. The summed E-state index contributed by atoms with van der Waals surface area (Å²) in [5.41, 5.74) is 6.28. The maximum atomic E-state index is 12.5. The highest BCUT2D eigenvalue weighted by Crippen LogP contribution is 2.29. The molecule has 5 heteroatoms. The fourth-order valence-electron chi connectivity index (χ4n) is 3.44. The van der Waals surface area contributed by atoms with E-state index in [1.165, 1.54) is 0 Å². The molecule has 3 rings (SSSR count). The molecule has 1 atom stereocenters. The first-order valence-electron chi connectivity index (χ1n) is 8.58. The SMILES string of the molecule is NCC1(NC(=O)c2cccc(OCC3CCCO3)c2)CCCC1. The van der Waals surface area contributed by atoms with E-state index in [0.29, 0.717) is 24.5 Å². The lowest BCUT2D eigenvalue weighted by Crippen LogP contribution is -2.51. The minimum Gasteiger partial charge on any atom is -0.491 e. The predicted molar refractivity (Wildman–Crippen MR) is 88.6 cm³/mol. The number of nitrogens with one attached hydrogen (secondary N) is 1. The van der Waals surface area contributed by atoms with Crippen molar-refractivity contribution in [2.75, 3.05) is 19.8 Å². The molecular weight excluding hydrogens is 292 g/mol. The Morgan fingerprint density at radius 2 is 2.17 bits per heavy atom. The second kappa shape index (κ2) is 7.32. The third-order valence-corrected chi connectivity index (χ3v) is 4.89. The van der Waals surface area contributed by atoms with Gasteiger partial charge in [0.1, 0.15) is 12.4 Å². The van der Waals surface area contributed by atoms with Crippen molar-refractivity contribution in [3.05, 3.63) is 29.8 Å². The average molecular weight is 318 g/mol. The van der Waals surface area contributed by atoms with Crippen LogP contribution in [0.15, 0.2) is 24.3 Å². The van der Waals surface area contributed by atoms with Gasteiger partial charge >= 0.3 is 0 Å². The Kier molecular flexibility index (Phi) is 5.18. The highest BCUT2D eigenvalue weighted by molar-refractivity contribution is 5.95. The van der Waals surface area contributed by atoms with Gasteiger partial charge in [-0.15, -0.1) is 0 Å². The summed E-state index contributed by atoms with van der Waals surface area (Å²) in [4.78, 5) is 12.5. The van der Waals surface area contributed by atoms with Crippen LogP contribution in [-0.4, -0.2) is 37.3 Å². The third-order valence-electron chi connectivity index (χ3n) is 4.89. The molecule has 1 aromatic carbocycles. The lowest BCUT2D eigenvalue weighted by Gasteiger charge is -2.28. The van der Waals surface area contributed by atoms with Gasteiger partial charge in [0.2, 0.25) is 0 Å². The van der Waals surface area contributed by atoms with Crippen LogP contribution < -0.4 is 15.8 Å². The zero-order chi connectivity index (χ0) is 16.1. The Balaban J connectivity index is 1.60. The molecule has 1 unspecified atom stereocenters. The number of benzene rings is 1. The van der Waals surface area contributed by atoms with Crippen LogP contribution in [0.4, 0.5) is 0 Å². The van der Waals surface area contributed by atoms with Gasteiger partial charge in [-0.05, 0) is 43.9 Å². The van der Waals surface area contributed by atoms with Crippen LogP contribution in [0, 0.1) is 0 Å². The molecule has 1 saturated heterocycles. The molecule has 0 aromatic heterocycles. The first-order chi connectivity index (χ1) is 11.2. The third kappa shape index (κ3) is 4.03. The van der Waals surface area contributed by atoms with Gasteiger partial charge in [-0.3, -0.25) is 4.79 Å². The van der Waals surface area contributed by atoms with Crippen LogP contribution in [-0.2, 0) is 4.74 Å². The van der Waals surface area contributed by atoms with Crippen molar-refractivity contribution < 1.29 is 14.3 Å². The molecule has 0 radical (unpaired) electrons. The monoisotopic (exact) mass is 318 g/mol. The second-order valence-corrected chi connectivity index (χ2v) is 6.62. The molecule has 2 aliphatic rings. The number of nitrogens with two attached hydrogens (primary N) is 1. The Morgan fingerprint density at radius 1 is 1.35 bits per heavy atom. The van der Waals surface area contributed by atoms with E-state index in [1.807, 2.05) is 18.2 Å². The number of hydrogen-bond donors (Lipinski definition) is 2. The molecule has 0 bridgehead atoms. The van der Waals surface area contributed by atoms with Crippen LogP contribution >= 0.6 is 0 Å². The highest BCUT2D eigenvalue weighted by Gasteiger charge is 2.34. The van der Waals surface area contributed by atoms with Crippen molar-refractivity contribution in [3.63, 3.8) is 0 Å². The lowest BCUT2D eigenvalue weighted by atomic mass is 9.97. The molecule has 1 aromatic rings. The van der Waals surface area contributed by atoms with E-state index < -0.39 is 0 Å². The summed E-state index contributed by atoms with van der Waals surface area (Å²) in [6.45, 7) is 1.85. The van der Waals surface area contributed by atoms with Crippen molar-refractivity contribution in [1.29, 1.82) is 0 Å². The van der Waals surface area contributed by atoms with Gasteiger partial charge in [-0.2, -0.15) is 0 Å². The van der Waals surface area contributed by atoms with E-state index >= 15 is 0 Å². The van der Waals surface area contributed by atoms with E-state index in [2.05, 4.69) is 5.32 Å². The molecule has 1 amide bonds. The molecule has 1 aliphatic carbocycles. The van der Waals surface area contributed by atoms with Crippen molar-refractivity contribution in [3.8, 4) is 5.75 Å². The van der Waals surface area contributed by atoms with Gasteiger partial charge in [0.05, 0.1) is 11.6 Å². The van der Waals surface area contributed by atoms with Crippen LogP contribution in [0.1, 0.15) is 48.9 Å². The first kappa shape index (κ1) is 16.3. The molecule has 5 nitrogen and oxygen atoms in total. The fraction of sp³-hybridized carbons (Fsp3) is 0.611. The number of rotatable bonds is 6. The number of carbonyl (C=O) groups excluding carboxylic acids is 1. The van der Waals surface area contributed by atoms with Gasteiger partial charge in [-0.25, -0.2) is 0 Å². The molecule has 23 heavy (non-hydrogen) atoms. The Labute approximate surface area is 137 Å². The minimum atomic E-state index is -0.231. The Hall–Kier alpha value is -1.59.